The Labute approximate surface area is 109 Å². The zero-order valence-corrected chi connectivity index (χ0v) is 11.2. The highest BCUT2D eigenvalue weighted by atomic mass is 16.4. The van der Waals surface area contributed by atoms with E-state index < -0.39 is 5.97 Å². The fraction of sp³-hybridized carbons (Fsp3) is 0.312. The lowest BCUT2D eigenvalue weighted by Gasteiger charge is -2.00. The van der Waals surface area contributed by atoms with Crippen molar-refractivity contribution in [3.63, 3.8) is 0 Å². The number of carbonyl (C=O) groups is 1. The predicted octanol–water partition coefficient (Wildman–Crippen LogP) is 4.53. The topological polar surface area (TPSA) is 37.3 Å². The van der Waals surface area contributed by atoms with E-state index in [-0.39, 0.29) is 0 Å². The smallest absolute Gasteiger partial charge is 0.335 e. The van der Waals surface area contributed by atoms with Crippen molar-refractivity contribution < 1.29 is 9.90 Å². The second kappa shape index (κ2) is 6.80. The van der Waals surface area contributed by atoms with Crippen LogP contribution < -0.4 is 0 Å². The highest BCUT2D eigenvalue weighted by Crippen LogP contribution is 2.13. The highest BCUT2D eigenvalue weighted by Gasteiger charge is 2.00. The SMILES string of the molecule is CC(C)=CCC/C(C)=C/c1ccc(C(=O)O)cc1. The molecule has 0 aromatic heterocycles. The van der Waals surface area contributed by atoms with Gasteiger partial charge in [-0.1, -0.05) is 35.4 Å². The lowest BCUT2D eigenvalue weighted by molar-refractivity contribution is 0.0697. The molecule has 0 saturated heterocycles. The van der Waals surface area contributed by atoms with E-state index in [1.807, 2.05) is 12.1 Å². The molecule has 0 aliphatic rings. The van der Waals surface area contributed by atoms with Gasteiger partial charge in [0.1, 0.15) is 0 Å². The van der Waals surface area contributed by atoms with Crippen LogP contribution in [0.25, 0.3) is 6.08 Å². The first-order valence-electron chi connectivity index (χ1n) is 6.13. The lowest BCUT2D eigenvalue weighted by atomic mass is 10.1. The minimum atomic E-state index is -0.884. The standard InChI is InChI=1S/C16H20O2/c1-12(2)5-4-6-13(3)11-14-7-9-15(10-8-14)16(17)18/h5,7-11H,4,6H2,1-3H3,(H,17,18)/b13-11+. The van der Waals surface area contributed by atoms with E-state index in [1.54, 1.807) is 12.1 Å². The van der Waals surface area contributed by atoms with Crippen LogP contribution in [-0.4, -0.2) is 11.1 Å². The molecule has 0 radical (unpaired) electrons. The lowest BCUT2D eigenvalue weighted by Crippen LogP contribution is -1.94. The molecule has 0 aliphatic carbocycles. The maximum Gasteiger partial charge on any atom is 0.335 e. The number of aromatic carboxylic acids is 1. The fourth-order valence-corrected chi connectivity index (χ4v) is 1.67. The van der Waals surface area contributed by atoms with Crippen molar-refractivity contribution in [1.82, 2.24) is 0 Å². The Morgan fingerprint density at radius 2 is 1.78 bits per heavy atom. The van der Waals surface area contributed by atoms with Gasteiger partial charge in [0.05, 0.1) is 5.56 Å². The van der Waals surface area contributed by atoms with Crippen LogP contribution in [0.3, 0.4) is 0 Å². The summed E-state index contributed by atoms with van der Waals surface area (Å²) in [5.74, 6) is -0.884. The van der Waals surface area contributed by atoms with Crippen molar-refractivity contribution in [2.24, 2.45) is 0 Å². The van der Waals surface area contributed by atoms with Gasteiger partial charge in [0.15, 0.2) is 0 Å². The van der Waals surface area contributed by atoms with E-state index in [0.29, 0.717) is 5.56 Å². The van der Waals surface area contributed by atoms with Crippen LogP contribution in [0, 0.1) is 0 Å². The van der Waals surface area contributed by atoms with Crippen molar-refractivity contribution in [2.45, 2.75) is 33.6 Å². The van der Waals surface area contributed by atoms with Gasteiger partial charge < -0.3 is 5.11 Å². The van der Waals surface area contributed by atoms with Crippen LogP contribution in [0.2, 0.25) is 0 Å². The Morgan fingerprint density at radius 1 is 1.17 bits per heavy atom. The van der Waals surface area contributed by atoms with E-state index in [9.17, 15) is 4.79 Å². The predicted molar refractivity (Wildman–Crippen MR) is 75.7 cm³/mol. The molecule has 0 heterocycles. The number of hydrogen-bond donors (Lipinski definition) is 1. The van der Waals surface area contributed by atoms with Gasteiger partial charge >= 0.3 is 5.97 Å². The molecule has 2 nitrogen and oxygen atoms in total. The molecule has 1 rings (SSSR count). The third kappa shape index (κ3) is 5.00. The molecule has 1 N–H and O–H groups in total. The quantitative estimate of drug-likeness (QED) is 0.772. The number of carboxylic acid groups (broad SMARTS) is 1. The van der Waals surface area contributed by atoms with E-state index in [2.05, 4.69) is 32.9 Å². The molecule has 1 aromatic rings. The Kier molecular flexibility index (Phi) is 5.37. The molecule has 0 bridgehead atoms. The summed E-state index contributed by atoms with van der Waals surface area (Å²) in [4.78, 5) is 10.7. The molecule has 0 aliphatic heterocycles. The number of allylic oxidation sites excluding steroid dienone is 3. The van der Waals surface area contributed by atoms with Gasteiger partial charge in [-0.25, -0.2) is 4.79 Å². The third-order valence-electron chi connectivity index (χ3n) is 2.66. The van der Waals surface area contributed by atoms with Gasteiger partial charge in [-0.3, -0.25) is 0 Å². The molecular formula is C16H20O2. The van der Waals surface area contributed by atoms with Crippen molar-refractivity contribution >= 4 is 12.0 Å². The van der Waals surface area contributed by atoms with Crippen LogP contribution in [0.1, 0.15) is 49.5 Å². The molecule has 18 heavy (non-hydrogen) atoms. The molecule has 96 valence electrons. The van der Waals surface area contributed by atoms with E-state index in [1.165, 1.54) is 11.1 Å². The summed E-state index contributed by atoms with van der Waals surface area (Å²) in [6.07, 6.45) is 6.42. The second-order valence-corrected chi connectivity index (χ2v) is 4.74. The summed E-state index contributed by atoms with van der Waals surface area (Å²) in [7, 11) is 0. The Hall–Kier alpha value is -1.83. The molecule has 0 unspecified atom stereocenters. The van der Waals surface area contributed by atoms with E-state index in [4.69, 9.17) is 5.11 Å². The van der Waals surface area contributed by atoms with Gasteiger partial charge in [-0.2, -0.15) is 0 Å². The van der Waals surface area contributed by atoms with Gasteiger partial charge in [0.25, 0.3) is 0 Å². The molecule has 0 atom stereocenters. The van der Waals surface area contributed by atoms with Crippen molar-refractivity contribution in [1.29, 1.82) is 0 Å². The summed E-state index contributed by atoms with van der Waals surface area (Å²) in [5.41, 5.74) is 4.02. The highest BCUT2D eigenvalue weighted by molar-refractivity contribution is 5.87. The Morgan fingerprint density at radius 3 is 2.28 bits per heavy atom. The summed E-state index contributed by atoms with van der Waals surface area (Å²) in [6.45, 7) is 6.30. The molecule has 0 amide bonds. The summed E-state index contributed by atoms with van der Waals surface area (Å²) in [6, 6.07) is 6.96. The van der Waals surface area contributed by atoms with Crippen LogP contribution in [-0.2, 0) is 0 Å². The number of carboxylic acids is 1. The average molecular weight is 244 g/mol. The molecular weight excluding hydrogens is 224 g/mol. The first-order chi connectivity index (χ1) is 8.49. The van der Waals surface area contributed by atoms with Crippen molar-refractivity contribution in [2.75, 3.05) is 0 Å². The number of hydrogen-bond acceptors (Lipinski definition) is 1. The maximum atomic E-state index is 10.7. The monoisotopic (exact) mass is 244 g/mol. The number of rotatable bonds is 5. The van der Waals surface area contributed by atoms with E-state index in [0.717, 1.165) is 18.4 Å². The summed E-state index contributed by atoms with van der Waals surface area (Å²) < 4.78 is 0. The second-order valence-electron chi connectivity index (χ2n) is 4.74. The van der Waals surface area contributed by atoms with Crippen LogP contribution in [0.15, 0.2) is 41.5 Å². The third-order valence-corrected chi connectivity index (χ3v) is 2.66. The van der Waals surface area contributed by atoms with Gasteiger partial charge in [0, 0.05) is 0 Å². The fourth-order valence-electron chi connectivity index (χ4n) is 1.67. The summed E-state index contributed by atoms with van der Waals surface area (Å²) >= 11 is 0. The van der Waals surface area contributed by atoms with Gasteiger partial charge in [-0.15, -0.1) is 0 Å². The van der Waals surface area contributed by atoms with Crippen LogP contribution in [0.5, 0.6) is 0 Å². The minimum Gasteiger partial charge on any atom is -0.478 e. The normalized spacial score (nSPS) is 11.2. The van der Waals surface area contributed by atoms with Crippen molar-refractivity contribution in [3.8, 4) is 0 Å². The molecule has 0 fully saturated rings. The number of benzene rings is 1. The van der Waals surface area contributed by atoms with Gasteiger partial charge in [-0.05, 0) is 51.3 Å². The zero-order chi connectivity index (χ0) is 13.5. The van der Waals surface area contributed by atoms with Crippen molar-refractivity contribution in [3.05, 3.63) is 52.6 Å². The first kappa shape index (κ1) is 14.2. The average Bonchev–Trinajstić information content (AvgIpc) is 2.29. The van der Waals surface area contributed by atoms with Crippen LogP contribution >= 0.6 is 0 Å². The largest absolute Gasteiger partial charge is 0.478 e. The molecule has 0 saturated carbocycles. The van der Waals surface area contributed by atoms with Crippen LogP contribution in [0.4, 0.5) is 0 Å². The summed E-state index contributed by atoms with van der Waals surface area (Å²) in [5, 5.41) is 8.80. The van der Waals surface area contributed by atoms with Gasteiger partial charge in [0.2, 0.25) is 0 Å². The molecule has 0 spiro atoms. The maximum absolute atomic E-state index is 10.7. The molecule has 1 aromatic carbocycles. The van der Waals surface area contributed by atoms with E-state index >= 15 is 0 Å². The Balaban J connectivity index is 2.65. The molecule has 2 heteroatoms. The minimum absolute atomic E-state index is 0.328. The zero-order valence-electron chi connectivity index (χ0n) is 11.2. The Bertz CT molecular complexity index is 460. The first-order valence-corrected chi connectivity index (χ1v) is 6.13.